The number of hydrogen-bond donors (Lipinski definition) is 1. The molecule has 0 saturated carbocycles. The van der Waals surface area contributed by atoms with E-state index in [4.69, 9.17) is 4.74 Å². The monoisotopic (exact) mass is 307 g/mol. The molecule has 0 radical (unpaired) electrons. The number of nitro groups is 1. The second-order valence-corrected chi connectivity index (χ2v) is 5.49. The second kappa shape index (κ2) is 7.22. The Hall–Kier alpha value is -2.15. The molecule has 1 fully saturated rings. The standard InChI is InChI=1S/C15H21N3O4/c1-11-10-22-12(2)9-17(11)15(19)7-8-16-13-5-3-4-6-14(13)18(20)21/h3-6,11-12,16H,7-10H2,1-2H3. The van der Waals surface area contributed by atoms with Gasteiger partial charge in [-0.1, -0.05) is 12.1 Å². The number of nitrogens with one attached hydrogen (secondary N) is 1. The van der Waals surface area contributed by atoms with Crippen molar-refractivity contribution in [2.45, 2.75) is 32.4 Å². The molecule has 0 spiro atoms. The first-order valence-electron chi connectivity index (χ1n) is 7.37. The van der Waals surface area contributed by atoms with Crippen molar-refractivity contribution in [2.75, 3.05) is 25.0 Å². The van der Waals surface area contributed by atoms with Gasteiger partial charge in [-0.15, -0.1) is 0 Å². The SMILES string of the molecule is CC1CN(C(=O)CCNc2ccccc2[N+](=O)[O-])C(C)CO1. The quantitative estimate of drug-likeness (QED) is 0.664. The van der Waals surface area contributed by atoms with Crippen LogP contribution in [0.4, 0.5) is 11.4 Å². The van der Waals surface area contributed by atoms with Gasteiger partial charge in [0.2, 0.25) is 5.91 Å². The molecule has 0 aromatic heterocycles. The van der Waals surface area contributed by atoms with Crippen molar-refractivity contribution in [3.8, 4) is 0 Å². The summed E-state index contributed by atoms with van der Waals surface area (Å²) in [4.78, 5) is 24.6. The molecule has 7 nitrogen and oxygen atoms in total. The summed E-state index contributed by atoms with van der Waals surface area (Å²) in [5.74, 6) is 0.0359. The van der Waals surface area contributed by atoms with Gasteiger partial charge in [0.15, 0.2) is 0 Å². The van der Waals surface area contributed by atoms with E-state index in [0.29, 0.717) is 31.8 Å². The Kier molecular flexibility index (Phi) is 5.32. The Morgan fingerprint density at radius 1 is 1.45 bits per heavy atom. The van der Waals surface area contributed by atoms with Crippen LogP contribution < -0.4 is 5.32 Å². The smallest absolute Gasteiger partial charge is 0.292 e. The second-order valence-electron chi connectivity index (χ2n) is 5.49. The summed E-state index contributed by atoms with van der Waals surface area (Å²) in [6.45, 7) is 5.40. The number of rotatable bonds is 5. The minimum absolute atomic E-state index is 0.0170. The van der Waals surface area contributed by atoms with Crippen LogP contribution in [0.1, 0.15) is 20.3 Å². The number of benzene rings is 1. The fourth-order valence-corrected chi connectivity index (χ4v) is 2.48. The van der Waals surface area contributed by atoms with Crippen LogP contribution in [0.3, 0.4) is 0 Å². The highest BCUT2D eigenvalue weighted by Gasteiger charge is 2.27. The van der Waals surface area contributed by atoms with E-state index >= 15 is 0 Å². The van der Waals surface area contributed by atoms with Crippen molar-refractivity contribution in [3.05, 3.63) is 34.4 Å². The molecule has 1 aromatic carbocycles. The molecule has 2 rings (SSSR count). The fourth-order valence-electron chi connectivity index (χ4n) is 2.48. The molecular formula is C15H21N3O4. The third-order valence-corrected chi connectivity index (χ3v) is 3.68. The van der Waals surface area contributed by atoms with Crippen molar-refractivity contribution >= 4 is 17.3 Å². The first kappa shape index (κ1) is 16.2. The average Bonchev–Trinajstić information content (AvgIpc) is 2.50. The Morgan fingerprint density at radius 2 is 2.18 bits per heavy atom. The maximum Gasteiger partial charge on any atom is 0.292 e. The summed E-state index contributed by atoms with van der Waals surface area (Å²) < 4.78 is 5.50. The number of para-hydroxylation sites is 2. The van der Waals surface area contributed by atoms with E-state index < -0.39 is 4.92 Å². The molecule has 1 amide bonds. The van der Waals surface area contributed by atoms with Gasteiger partial charge in [0.05, 0.1) is 23.7 Å². The zero-order chi connectivity index (χ0) is 16.1. The lowest BCUT2D eigenvalue weighted by Gasteiger charge is -2.36. The van der Waals surface area contributed by atoms with Gasteiger partial charge in [-0.25, -0.2) is 0 Å². The summed E-state index contributed by atoms with van der Waals surface area (Å²) in [5, 5.41) is 13.9. The van der Waals surface area contributed by atoms with Crippen molar-refractivity contribution in [1.82, 2.24) is 4.90 Å². The predicted octanol–water partition coefficient (Wildman–Crippen LogP) is 2.03. The lowest BCUT2D eigenvalue weighted by molar-refractivity contribution is -0.384. The minimum atomic E-state index is -0.435. The molecule has 1 saturated heterocycles. The number of anilines is 1. The first-order valence-corrected chi connectivity index (χ1v) is 7.37. The highest BCUT2D eigenvalue weighted by Crippen LogP contribution is 2.23. The van der Waals surface area contributed by atoms with E-state index in [1.165, 1.54) is 6.07 Å². The Labute approximate surface area is 129 Å². The van der Waals surface area contributed by atoms with Gasteiger partial charge in [-0.05, 0) is 19.9 Å². The molecule has 1 aliphatic rings. The van der Waals surface area contributed by atoms with Crippen molar-refractivity contribution in [2.24, 2.45) is 0 Å². The molecule has 1 aromatic rings. The molecule has 1 heterocycles. The van der Waals surface area contributed by atoms with Gasteiger partial charge in [-0.2, -0.15) is 0 Å². The van der Waals surface area contributed by atoms with E-state index in [0.717, 1.165) is 0 Å². The van der Waals surface area contributed by atoms with Gasteiger partial charge >= 0.3 is 0 Å². The number of morpholine rings is 1. The molecule has 0 aliphatic carbocycles. The molecular weight excluding hydrogens is 286 g/mol. The first-order chi connectivity index (χ1) is 10.5. The van der Waals surface area contributed by atoms with E-state index in [-0.39, 0.29) is 23.7 Å². The van der Waals surface area contributed by atoms with Crippen LogP contribution in [0.25, 0.3) is 0 Å². The van der Waals surface area contributed by atoms with Gasteiger partial charge in [0.25, 0.3) is 5.69 Å². The van der Waals surface area contributed by atoms with E-state index in [1.54, 1.807) is 18.2 Å². The average molecular weight is 307 g/mol. The Balaban J connectivity index is 1.88. The molecule has 120 valence electrons. The third-order valence-electron chi connectivity index (χ3n) is 3.68. The minimum Gasteiger partial charge on any atom is -0.379 e. The number of hydrogen-bond acceptors (Lipinski definition) is 5. The molecule has 2 unspecified atom stereocenters. The zero-order valence-corrected chi connectivity index (χ0v) is 12.8. The highest BCUT2D eigenvalue weighted by atomic mass is 16.6. The van der Waals surface area contributed by atoms with E-state index in [1.807, 2.05) is 18.7 Å². The van der Waals surface area contributed by atoms with Crippen LogP contribution >= 0.6 is 0 Å². The lowest BCUT2D eigenvalue weighted by Crippen LogP contribution is -2.50. The van der Waals surface area contributed by atoms with Gasteiger partial charge in [-0.3, -0.25) is 14.9 Å². The number of nitro benzene ring substituents is 1. The summed E-state index contributed by atoms with van der Waals surface area (Å²) in [5.41, 5.74) is 0.451. The summed E-state index contributed by atoms with van der Waals surface area (Å²) in [6, 6.07) is 6.49. The number of ether oxygens (including phenoxy) is 1. The third kappa shape index (κ3) is 3.94. The normalized spacial score (nSPS) is 21.5. The Bertz CT molecular complexity index is 549. The molecule has 7 heteroatoms. The highest BCUT2D eigenvalue weighted by molar-refractivity contribution is 5.77. The number of carbonyl (C=O) groups is 1. The number of amides is 1. The van der Waals surface area contributed by atoms with Crippen LogP contribution in [-0.2, 0) is 9.53 Å². The van der Waals surface area contributed by atoms with Crippen molar-refractivity contribution in [3.63, 3.8) is 0 Å². The van der Waals surface area contributed by atoms with E-state index in [9.17, 15) is 14.9 Å². The van der Waals surface area contributed by atoms with Crippen LogP contribution in [0.5, 0.6) is 0 Å². The summed E-state index contributed by atoms with van der Waals surface area (Å²) in [6.07, 6.45) is 0.339. The topological polar surface area (TPSA) is 84.7 Å². The zero-order valence-electron chi connectivity index (χ0n) is 12.8. The molecule has 0 bridgehead atoms. The fraction of sp³-hybridized carbons (Fsp3) is 0.533. The summed E-state index contributed by atoms with van der Waals surface area (Å²) in [7, 11) is 0. The van der Waals surface area contributed by atoms with Crippen LogP contribution in [0.15, 0.2) is 24.3 Å². The summed E-state index contributed by atoms with van der Waals surface area (Å²) >= 11 is 0. The molecule has 22 heavy (non-hydrogen) atoms. The van der Waals surface area contributed by atoms with Crippen molar-refractivity contribution < 1.29 is 14.5 Å². The predicted molar refractivity (Wildman–Crippen MR) is 82.8 cm³/mol. The Morgan fingerprint density at radius 3 is 2.91 bits per heavy atom. The molecule has 2 atom stereocenters. The van der Waals surface area contributed by atoms with Crippen LogP contribution in [0.2, 0.25) is 0 Å². The number of nitrogens with zero attached hydrogens (tertiary/aromatic N) is 2. The molecule has 1 aliphatic heterocycles. The van der Waals surface area contributed by atoms with Crippen LogP contribution in [0, 0.1) is 10.1 Å². The van der Waals surface area contributed by atoms with Gasteiger partial charge in [0.1, 0.15) is 5.69 Å². The van der Waals surface area contributed by atoms with Crippen LogP contribution in [-0.4, -0.2) is 47.6 Å². The van der Waals surface area contributed by atoms with E-state index in [2.05, 4.69) is 5.32 Å². The van der Waals surface area contributed by atoms with Gasteiger partial charge < -0.3 is 15.0 Å². The van der Waals surface area contributed by atoms with Gasteiger partial charge in [0, 0.05) is 25.6 Å². The maximum atomic E-state index is 12.3. The van der Waals surface area contributed by atoms with Crippen molar-refractivity contribution in [1.29, 1.82) is 0 Å². The maximum absolute atomic E-state index is 12.3. The number of carbonyl (C=O) groups excluding carboxylic acids is 1. The largest absolute Gasteiger partial charge is 0.379 e. The molecule has 1 N–H and O–H groups in total. The lowest BCUT2D eigenvalue weighted by atomic mass is 10.2.